The molecule has 0 fully saturated rings. The zero-order valence-corrected chi connectivity index (χ0v) is 13.8. The van der Waals surface area contributed by atoms with Crippen molar-refractivity contribution < 1.29 is 26.2 Å². The number of hydrogen-bond acceptors (Lipinski definition) is 4. The van der Waals surface area contributed by atoms with Gasteiger partial charge in [-0.1, -0.05) is 0 Å². The topological polar surface area (TPSA) is 102 Å². The van der Waals surface area contributed by atoms with Gasteiger partial charge in [0.15, 0.2) is 0 Å². The van der Waals surface area contributed by atoms with Gasteiger partial charge in [-0.2, -0.15) is 0 Å². The molecule has 120 valence electrons. The van der Waals surface area contributed by atoms with E-state index in [0.717, 1.165) is 0 Å². The molecule has 0 amide bonds. The number of rotatable bonds is 4. The van der Waals surface area contributed by atoms with Gasteiger partial charge in [-0.15, -0.1) is 0 Å². The van der Waals surface area contributed by atoms with Crippen LogP contribution in [0.1, 0.15) is 31.1 Å². The number of hydrogen-bond donors (Lipinski definition) is 1. The quantitative estimate of drug-likeness (QED) is 0.213. The van der Waals surface area contributed by atoms with E-state index in [2.05, 4.69) is 0 Å². The van der Waals surface area contributed by atoms with E-state index in [0.29, 0.717) is 0 Å². The molecule has 1 unspecified atom stereocenters. The van der Waals surface area contributed by atoms with Crippen LogP contribution in [0.2, 0.25) is 0 Å². The fourth-order valence-electron chi connectivity index (χ4n) is 2.45. The van der Waals surface area contributed by atoms with E-state index in [4.69, 9.17) is 3.82 Å². The molecule has 2 aromatic carbocycles. The number of fused-ring (bicyclic) bond motifs is 1. The molecule has 6 nitrogen and oxygen atoms in total. The molecule has 0 aliphatic heterocycles. The molecule has 1 atom stereocenters. The van der Waals surface area contributed by atoms with E-state index < -0.39 is 43.2 Å². The van der Waals surface area contributed by atoms with E-state index in [1.165, 1.54) is 24.3 Å². The van der Waals surface area contributed by atoms with Crippen LogP contribution in [0.3, 0.4) is 0 Å². The van der Waals surface area contributed by atoms with Gasteiger partial charge < -0.3 is 0 Å². The first kappa shape index (κ1) is 16.1. The molecule has 0 saturated heterocycles. The van der Waals surface area contributed by atoms with E-state index in [-0.39, 0.29) is 16.7 Å². The molecule has 0 saturated carbocycles. The third-order valence-electron chi connectivity index (χ3n) is 3.50. The second-order valence-corrected chi connectivity index (χ2v) is 6.23. The van der Waals surface area contributed by atoms with Crippen molar-refractivity contribution in [1.29, 1.82) is 0 Å². The molecule has 2 N–H and O–H groups in total. The summed E-state index contributed by atoms with van der Waals surface area (Å²) in [5, 5.41) is 0. The summed E-state index contributed by atoms with van der Waals surface area (Å²) in [5.74, 6) is -2.70. The van der Waals surface area contributed by atoms with Crippen molar-refractivity contribution in [1.82, 2.24) is 0 Å². The monoisotopic (exact) mass is 391 g/mol. The molecule has 0 spiro atoms. The average Bonchev–Trinajstić information content (AvgIpc) is 2.84. The molecule has 2 aromatic rings. The van der Waals surface area contributed by atoms with Crippen LogP contribution in [0.4, 0.5) is 0 Å². The average molecular weight is 390 g/mol. The van der Waals surface area contributed by atoms with E-state index in [1.807, 2.05) is 0 Å². The molecule has 0 heterocycles. The molecule has 3 rings (SSSR count). The number of allylic oxidation sites excluding steroid dienone is 2. The Kier molecular flexibility index (Phi) is 4.31. The molecule has 1 aliphatic carbocycles. The molecule has 0 radical (unpaired) electrons. The molecule has 24 heavy (non-hydrogen) atoms. The number of benzene rings is 2. The third-order valence-corrected chi connectivity index (χ3v) is 4.16. The van der Waals surface area contributed by atoms with Crippen LogP contribution in [-0.4, -0.2) is 39.9 Å². The van der Waals surface area contributed by atoms with Crippen LogP contribution in [0.25, 0.3) is 0 Å². The molecule has 0 aromatic heterocycles. The van der Waals surface area contributed by atoms with Crippen LogP contribution < -0.4 is 0 Å². The van der Waals surface area contributed by atoms with Crippen molar-refractivity contribution in [3.63, 3.8) is 0 Å². The molecule has 1 aliphatic rings. The minimum absolute atomic E-state index is 0.159. The Labute approximate surface area is 141 Å². The molecule has 7 heteroatoms. The SMILES string of the molecule is O=C(C(O[Se](O)=[OH+])=C1C(=O)c2ccccc2C1=O)c1ccccc1. The number of carbonyl (C=O) groups excluding carboxylic acids is 3. The maximum absolute atomic E-state index is 12.6. The van der Waals surface area contributed by atoms with Gasteiger partial charge in [0.1, 0.15) is 0 Å². The number of ketones is 3. The van der Waals surface area contributed by atoms with Gasteiger partial charge in [0.05, 0.1) is 0 Å². The van der Waals surface area contributed by atoms with Crippen LogP contribution in [0.5, 0.6) is 0 Å². The Bertz CT molecular complexity index is 877. The predicted molar refractivity (Wildman–Crippen MR) is 83.9 cm³/mol. The van der Waals surface area contributed by atoms with Crippen LogP contribution in [-0.2, 0) is 3.82 Å². The van der Waals surface area contributed by atoms with E-state index in [9.17, 15) is 22.4 Å². The first-order valence-corrected chi connectivity index (χ1v) is 9.07. The summed E-state index contributed by atoms with van der Waals surface area (Å²) in [5.41, 5.74) is 0.0180. The van der Waals surface area contributed by atoms with Crippen LogP contribution in [0, 0.1) is 0 Å². The predicted octanol–water partition coefficient (Wildman–Crippen LogP) is 1.57. The molecule has 0 bridgehead atoms. The summed E-state index contributed by atoms with van der Waals surface area (Å²) in [6.45, 7) is 0. The van der Waals surface area contributed by atoms with Crippen molar-refractivity contribution >= 4 is 31.8 Å². The van der Waals surface area contributed by atoms with Crippen molar-refractivity contribution in [2.24, 2.45) is 0 Å². The van der Waals surface area contributed by atoms with Crippen LogP contribution >= 0.6 is 0 Å². The maximum atomic E-state index is 12.6. The minimum atomic E-state index is -3.56. The van der Waals surface area contributed by atoms with E-state index >= 15 is 0 Å². The molecular formula is C17H11O6Se+. The van der Waals surface area contributed by atoms with Gasteiger partial charge in [-0.3, -0.25) is 0 Å². The van der Waals surface area contributed by atoms with Gasteiger partial charge in [0.2, 0.25) is 0 Å². The number of carbonyl (C=O) groups is 3. The first-order valence-electron chi connectivity index (χ1n) is 6.84. The van der Waals surface area contributed by atoms with E-state index in [1.54, 1.807) is 30.3 Å². The Balaban J connectivity index is 2.18. The fraction of sp³-hybridized carbons (Fsp3) is 0. The Morgan fingerprint density at radius 3 is 1.92 bits per heavy atom. The first-order chi connectivity index (χ1) is 11.5. The zero-order chi connectivity index (χ0) is 17.3. The molecular weight excluding hydrogens is 379 g/mol. The Morgan fingerprint density at radius 1 is 0.917 bits per heavy atom. The third kappa shape index (κ3) is 2.76. The zero-order valence-electron chi connectivity index (χ0n) is 12.1. The van der Waals surface area contributed by atoms with Crippen LogP contribution in [0.15, 0.2) is 65.9 Å². The van der Waals surface area contributed by atoms with Gasteiger partial charge in [0.25, 0.3) is 0 Å². The Morgan fingerprint density at radius 2 is 1.42 bits per heavy atom. The second kappa shape index (κ2) is 6.41. The van der Waals surface area contributed by atoms with Gasteiger partial charge in [-0.25, -0.2) is 0 Å². The summed E-state index contributed by atoms with van der Waals surface area (Å²) >= 11 is -3.56. The van der Waals surface area contributed by atoms with Gasteiger partial charge in [-0.05, 0) is 0 Å². The second-order valence-electron chi connectivity index (χ2n) is 4.92. The number of Topliss-reactive ketones (excluding diaryl/α,β-unsaturated/α-hetero) is 3. The Hall–Kier alpha value is -2.73. The summed E-state index contributed by atoms with van der Waals surface area (Å²) in [6, 6.07) is 14.0. The van der Waals surface area contributed by atoms with Gasteiger partial charge >= 0.3 is 141 Å². The fourth-order valence-corrected chi connectivity index (χ4v) is 3.09. The van der Waals surface area contributed by atoms with Gasteiger partial charge in [0, 0.05) is 0 Å². The van der Waals surface area contributed by atoms with Crippen molar-refractivity contribution in [3.05, 3.63) is 82.6 Å². The van der Waals surface area contributed by atoms with Crippen molar-refractivity contribution in [2.45, 2.75) is 0 Å². The summed E-state index contributed by atoms with van der Waals surface area (Å²) < 4.78 is 23.3. The standard InChI is InChI=1S/C17H10O6Se/c18-14(10-6-2-1-3-7-10)17(23-24(21)22)13-15(19)11-8-4-5-9-12(11)16(13)20/h1-9H,(H,21,22)/p+1. The normalized spacial score (nSPS) is 14.3. The summed E-state index contributed by atoms with van der Waals surface area (Å²) in [6.07, 6.45) is 0. The van der Waals surface area contributed by atoms with Crippen molar-refractivity contribution in [2.75, 3.05) is 0 Å². The summed E-state index contributed by atoms with van der Waals surface area (Å²) in [7, 11) is 0. The van der Waals surface area contributed by atoms with Crippen molar-refractivity contribution in [3.8, 4) is 0 Å². The summed E-state index contributed by atoms with van der Waals surface area (Å²) in [4.78, 5) is 37.6.